The van der Waals surface area contributed by atoms with Gasteiger partial charge in [-0.05, 0) is 19.2 Å². The van der Waals surface area contributed by atoms with E-state index >= 15 is 0 Å². The van der Waals surface area contributed by atoms with Gasteiger partial charge >= 0.3 is 0 Å². The monoisotopic (exact) mass is 301 g/mol. The van der Waals surface area contributed by atoms with Crippen LogP contribution in [0.15, 0.2) is 24.5 Å². The third-order valence-corrected chi connectivity index (χ3v) is 3.53. The molecule has 1 aromatic heterocycles. The van der Waals surface area contributed by atoms with Crippen molar-refractivity contribution in [2.75, 3.05) is 33.1 Å². The number of para-hydroxylation sites is 1. The van der Waals surface area contributed by atoms with Crippen LogP contribution in [0.4, 0.5) is 0 Å². The Hall–Kier alpha value is -0.970. The third-order valence-electron chi connectivity index (χ3n) is 3.02. The summed E-state index contributed by atoms with van der Waals surface area (Å²) in [6.07, 6.45) is 1.75. The highest BCUT2D eigenvalue weighted by Crippen LogP contribution is 2.27. The van der Waals surface area contributed by atoms with Crippen molar-refractivity contribution in [3.63, 3.8) is 0 Å². The molecular weight excluding hydrogens is 285 g/mol. The molecular formula is C13H17Cl2N3O. The fraction of sp³-hybridized carbons (Fsp3) is 0.462. The lowest BCUT2D eigenvalue weighted by atomic mass is 10.3. The summed E-state index contributed by atoms with van der Waals surface area (Å²) in [7, 11) is 3.64. The number of ether oxygens (including phenoxy) is 1. The first-order valence-electron chi connectivity index (χ1n) is 6.05. The standard InChI is InChI=1S/C13H17Cl2N3O/c1-17(7-6-14)8-12(15)18-9-16-13-10(18)4-3-5-11(13)19-2/h3-5,9,12H,6-8H2,1-2H3. The molecule has 0 saturated carbocycles. The molecule has 0 spiro atoms. The summed E-state index contributed by atoms with van der Waals surface area (Å²) in [4.78, 5) is 6.47. The van der Waals surface area contributed by atoms with E-state index in [1.165, 1.54) is 0 Å². The van der Waals surface area contributed by atoms with E-state index in [9.17, 15) is 0 Å². The molecule has 0 aliphatic heterocycles. The first kappa shape index (κ1) is 14.4. The highest BCUT2D eigenvalue weighted by atomic mass is 35.5. The van der Waals surface area contributed by atoms with Gasteiger partial charge in [0, 0.05) is 19.0 Å². The van der Waals surface area contributed by atoms with E-state index in [0.717, 1.165) is 23.3 Å². The number of hydrogen-bond donors (Lipinski definition) is 0. The lowest BCUT2D eigenvalue weighted by molar-refractivity contribution is 0.332. The molecule has 6 heteroatoms. The highest BCUT2D eigenvalue weighted by Gasteiger charge is 2.15. The predicted molar refractivity (Wildman–Crippen MR) is 79.4 cm³/mol. The van der Waals surface area contributed by atoms with Crippen LogP contribution in [-0.4, -0.2) is 47.6 Å². The number of aromatic nitrogens is 2. The molecule has 0 N–H and O–H groups in total. The number of likely N-dealkylation sites (N-methyl/N-ethyl adjacent to an activating group) is 1. The molecule has 4 nitrogen and oxygen atoms in total. The van der Waals surface area contributed by atoms with Crippen molar-refractivity contribution in [1.29, 1.82) is 0 Å². The summed E-state index contributed by atoms with van der Waals surface area (Å²) < 4.78 is 7.24. The second-order valence-electron chi connectivity index (χ2n) is 4.37. The van der Waals surface area contributed by atoms with E-state index in [1.54, 1.807) is 13.4 Å². The van der Waals surface area contributed by atoms with E-state index < -0.39 is 0 Å². The van der Waals surface area contributed by atoms with Gasteiger partial charge < -0.3 is 14.2 Å². The van der Waals surface area contributed by atoms with E-state index in [1.807, 2.05) is 29.8 Å². The van der Waals surface area contributed by atoms with Gasteiger partial charge in [0.25, 0.3) is 0 Å². The van der Waals surface area contributed by atoms with Gasteiger partial charge in [0.05, 0.1) is 19.0 Å². The van der Waals surface area contributed by atoms with Crippen molar-refractivity contribution in [2.45, 2.75) is 5.50 Å². The predicted octanol–water partition coefficient (Wildman–Crippen LogP) is 2.95. The van der Waals surface area contributed by atoms with Crippen LogP contribution in [0.2, 0.25) is 0 Å². The summed E-state index contributed by atoms with van der Waals surface area (Å²) >= 11 is 12.2. The average Bonchev–Trinajstić information content (AvgIpc) is 2.82. The van der Waals surface area contributed by atoms with E-state index in [-0.39, 0.29) is 5.50 Å². The Labute approximate surface area is 122 Å². The molecule has 0 radical (unpaired) electrons. The van der Waals surface area contributed by atoms with Crippen molar-refractivity contribution in [3.05, 3.63) is 24.5 Å². The van der Waals surface area contributed by atoms with Gasteiger partial charge in [-0.2, -0.15) is 0 Å². The minimum absolute atomic E-state index is 0.190. The van der Waals surface area contributed by atoms with Crippen LogP contribution in [0, 0.1) is 0 Å². The van der Waals surface area contributed by atoms with Crippen molar-refractivity contribution < 1.29 is 4.74 Å². The molecule has 0 aliphatic rings. The Morgan fingerprint density at radius 1 is 1.47 bits per heavy atom. The quantitative estimate of drug-likeness (QED) is 0.769. The number of rotatable bonds is 6. The van der Waals surface area contributed by atoms with Gasteiger partial charge in [-0.25, -0.2) is 4.98 Å². The Morgan fingerprint density at radius 3 is 2.95 bits per heavy atom. The summed E-state index contributed by atoms with van der Waals surface area (Å²) in [6.45, 7) is 1.51. The molecule has 1 heterocycles. The molecule has 0 saturated heterocycles. The number of methoxy groups -OCH3 is 1. The van der Waals surface area contributed by atoms with Crippen molar-refractivity contribution in [3.8, 4) is 5.75 Å². The van der Waals surface area contributed by atoms with E-state index in [0.29, 0.717) is 12.4 Å². The number of alkyl halides is 2. The number of fused-ring (bicyclic) bond motifs is 1. The number of halogens is 2. The van der Waals surface area contributed by atoms with Crippen LogP contribution >= 0.6 is 23.2 Å². The number of imidazole rings is 1. The second-order valence-corrected chi connectivity index (χ2v) is 5.25. The first-order chi connectivity index (χ1) is 9.17. The Balaban J connectivity index is 2.25. The normalized spacial score (nSPS) is 13.1. The Bertz CT molecular complexity index is 544. The summed E-state index contributed by atoms with van der Waals surface area (Å²) in [5, 5.41) is 0. The molecule has 1 aromatic carbocycles. The van der Waals surface area contributed by atoms with Crippen LogP contribution in [0.3, 0.4) is 0 Å². The van der Waals surface area contributed by atoms with Crippen LogP contribution in [-0.2, 0) is 0 Å². The minimum atomic E-state index is -0.190. The van der Waals surface area contributed by atoms with Crippen molar-refractivity contribution >= 4 is 34.2 Å². The third kappa shape index (κ3) is 3.14. The van der Waals surface area contributed by atoms with Crippen molar-refractivity contribution in [1.82, 2.24) is 14.5 Å². The fourth-order valence-corrected chi connectivity index (χ4v) is 2.68. The molecule has 2 rings (SSSR count). The zero-order valence-corrected chi connectivity index (χ0v) is 12.5. The largest absolute Gasteiger partial charge is 0.494 e. The second kappa shape index (κ2) is 6.46. The summed E-state index contributed by atoms with van der Waals surface area (Å²) in [5.74, 6) is 1.35. The summed E-state index contributed by atoms with van der Waals surface area (Å²) in [5.41, 5.74) is 1.61. The lowest BCUT2D eigenvalue weighted by Gasteiger charge is -2.20. The minimum Gasteiger partial charge on any atom is -0.494 e. The SMILES string of the molecule is COc1cccc2c1ncn2C(Cl)CN(C)CCCl. The van der Waals surface area contributed by atoms with E-state index in [4.69, 9.17) is 27.9 Å². The zero-order valence-electron chi connectivity index (χ0n) is 11.0. The maximum absolute atomic E-state index is 6.45. The zero-order chi connectivity index (χ0) is 13.8. The lowest BCUT2D eigenvalue weighted by Crippen LogP contribution is -2.26. The molecule has 104 valence electrons. The van der Waals surface area contributed by atoms with Crippen LogP contribution in [0.25, 0.3) is 11.0 Å². The molecule has 0 bridgehead atoms. The topological polar surface area (TPSA) is 30.3 Å². The molecule has 2 aromatic rings. The molecule has 0 aliphatic carbocycles. The number of hydrogen-bond acceptors (Lipinski definition) is 3. The van der Waals surface area contributed by atoms with Gasteiger partial charge in [0.1, 0.15) is 16.8 Å². The average molecular weight is 302 g/mol. The van der Waals surface area contributed by atoms with Crippen LogP contribution in [0.1, 0.15) is 5.50 Å². The number of benzene rings is 1. The van der Waals surface area contributed by atoms with Crippen LogP contribution in [0.5, 0.6) is 5.75 Å². The van der Waals surface area contributed by atoms with Crippen LogP contribution < -0.4 is 4.74 Å². The maximum atomic E-state index is 6.45. The first-order valence-corrected chi connectivity index (χ1v) is 7.02. The van der Waals surface area contributed by atoms with Crippen molar-refractivity contribution in [2.24, 2.45) is 0 Å². The Morgan fingerprint density at radius 2 is 2.26 bits per heavy atom. The van der Waals surface area contributed by atoms with Gasteiger partial charge in [-0.1, -0.05) is 17.7 Å². The smallest absolute Gasteiger partial charge is 0.146 e. The molecule has 1 unspecified atom stereocenters. The van der Waals surface area contributed by atoms with Gasteiger partial charge in [0.2, 0.25) is 0 Å². The fourth-order valence-electron chi connectivity index (χ4n) is 2.00. The molecule has 0 amide bonds. The van der Waals surface area contributed by atoms with E-state index in [2.05, 4.69) is 9.88 Å². The maximum Gasteiger partial charge on any atom is 0.146 e. The van der Waals surface area contributed by atoms with Gasteiger partial charge in [0.15, 0.2) is 0 Å². The summed E-state index contributed by atoms with van der Waals surface area (Å²) in [6, 6.07) is 5.82. The molecule has 1 atom stereocenters. The molecule has 0 fully saturated rings. The highest BCUT2D eigenvalue weighted by molar-refractivity contribution is 6.19. The van der Waals surface area contributed by atoms with Gasteiger partial charge in [-0.15, -0.1) is 11.6 Å². The number of nitrogens with zero attached hydrogens (tertiary/aromatic N) is 3. The Kier molecular flexibility index (Phi) is 4.91. The van der Waals surface area contributed by atoms with Gasteiger partial charge in [-0.3, -0.25) is 0 Å². The molecule has 19 heavy (non-hydrogen) atoms.